The minimum absolute atomic E-state index is 0.00132. The van der Waals surface area contributed by atoms with E-state index in [4.69, 9.17) is 21.1 Å². The zero-order valence-corrected chi connectivity index (χ0v) is 16.2. The molecule has 0 aliphatic heterocycles. The number of aryl methyl sites for hydroxylation is 2. The summed E-state index contributed by atoms with van der Waals surface area (Å²) in [5, 5.41) is 0.320. The lowest BCUT2D eigenvalue weighted by Gasteiger charge is -2.18. The molecular weight excluding hydrogens is 362 g/mol. The number of rotatable bonds is 7. The molecule has 0 bridgehead atoms. The van der Waals surface area contributed by atoms with Gasteiger partial charge in [-0.2, -0.15) is 0 Å². The first-order valence-electron chi connectivity index (χ1n) is 7.79. The van der Waals surface area contributed by atoms with E-state index in [0.717, 1.165) is 16.9 Å². The largest absolute Gasteiger partial charge is 0.495 e. The molecule has 0 aromatic heterocycles. The molecule has 0 spiro atoms. The lowest BCUT2D eigenvalue weighted by Crippen LogP contribution is -2.37. The zero-order valence-electron chi connectivity index (χ0n) is 14.7. The van der Waals surface area contributed by atoms with E-state index >= 15 is 0 Å². The number of halogens is 1. The van der Waals surface area contributed by atoms with E-state index in [-0.39, 0.29) is 17.3 Å². The van der Waals surface area contributed by atoms with Gasteiger partial charge in [0.25, 0.3) is 0 Å². The number of sulfonamides is 1. The normalized spacial score (nSPS) is 12.7. The summed E-state index contributed by atoms with van der Waals surface area (Å²) in [6, 6.07) is 9.88. The van der Waals surface area contributed by atoms with Crippen molar-refractivity contribution in [1.29, 1.82) is 0 Å². The van der Waals surface area contributed by atoms with Gasteiger partial charge in [-0.3, -0.25) is 0 Å². The molecule has 5 nitrogen and oxygen atoms in total. The van der Waals surface area contributed by atoms with Gasteiger partial charge in [0.15, 0.2) is 0 Å². The first-order valence-corrected chi connectivity index (χ1v) is 9.65. The Balaban J connectivity index is 2.12. The zero-order chi connectivity index (χ0) is 18.6. The SMILES string of the molecule is COc1ccc(Cl)cc1S(=O)(=O)NC(C)COc1c(C)cccc1C. The van der Waals surface area contributed by atoms with Crippen LogP contribution in [0.25, 0.3) is 0 Å². The van der Waals surface area contributed by atoms with Crippen molar-refractivity contribution in [3.63, 3.8) is 0 Å². The number of para-hydroxylation sites is 1. The summed E-state index contributed by atoms with van der Waals surface area (Å²) in [5.74, 6) is 1.01. The number of methoxy groups -OCH3 is 1. The minimum Gasteiger partial charge on any atom is -0.495 e. The predicted molar refractivity (Wildman–Crippen MR) is 99.2 cm³/mol. The second-order valence-corrected chi connectivity index (χ2v) is 7.97. The van der Waals surface area contributed by atoms with Crippen molar-refractivity contribution in [3.05, 3.63) is 52.5 Å². The van der Waals surface area contributed by atoms with E-state index in [9.17, 15) is 8.42 Å². The highest BCUT2D eigenvalue weighted by molar-refractivity contribution is 7.89. The fourth-order valence-corrected chi connectivity index (χ4v) is 4.12. The van der Waals surface area contributed by atoms with Crippen LogP contribution in [0.15, 0.2) is 41.3 Å². The highest BCUT2D eigenvalue weighted by Gasteiger charge is 2.22. The molecule has 0 fully saturated rings. The van der Waals surface area contributed by atoms with Crippen LogP contribution in [0, 0.1) is 13.8 Å². The molecule has 0 heterocycles. The Morgan fingerprint density at radius 1 is 1.16 bits per heavy atom. The fourth-order valence-electron chi connectivity index (χ4n) is 2.46. The van der Waals surface area contributed by atoms with Gasteiger partial charge >= 0.3 is 0 Å². The average molecular weight is 384 g/mol. The van der Waals surface area contributed by atoms with Crippen LogP contribution in [0.1, 0.15) is 18.1 Å². The maximum atomic E-state index is 12.6. The van der Waals surface area contributed by atoms with Crippen LogP contribution in [-0.2, 0) is 10.0 Å². The summed E-state index contributed by atoms with van der Waals surface area (Å²) in [6.07, 6.45) is 0. The van der Waals surface area contributed by atoms with Crippen LogP contribution in [0.4, 0.5) is 0 Å². The number of hydrogen-bond acceptors (Lipinski definition) is 4. The molecule has 1 atom stereocenters. The molecule has 0 amide bonds. The smallest absolute Gasteiger partial charge is 0.244 e. The van der Waals surface area contributed by atoms with E-state index in [1.807, 2.05) is 32.0 Å². The van der Waals surface area contributed by atoms with Crippen LogP contribution in [0.3, 0.4) is 0 Å². The van der Waals surface area contributed by atoms with Crippen LogP contribution in [-0.4, -0.2) is 28.2 Å². The molecule has 2 aromatic rings. The maximum Gasteiger partial charge on any atom is 0.244 e. The third-order valence-electron chi connectivity index (χ3n) is 3.66. The van der Waals surface area contributed by atoms with Crippen molar-refractivity contribution in [2.24, 2.45) is 0 Å². The molecule has 1 unspecified atom stereocenters. The van der Waals surface area contributed by atoms with Gasteiger partial charge in [-0.1, -0.05) is 29.8 Å². The fraction of sp³-hybridized carbons (Fsp3) is 0.333. The third-order valence-corrected chi connectivity index (χ3v) is 5.50. The lowest BCUT2D eigenvalue weighted by molar-refractivity contribution is 0.284. The highest BCUT2D eigenvalue weighted by Crippen LogP contribution is 2.27. The van der Waals surface area contributed by atoms with Gasteiger partial charge in [0.2, 0.25) is 10.0 Å². The molecule has 2 rings (SSSR count). The standard InChI is InChI=1S/C18H22ClNO4S/c1-12-6-5-7-13(2)18(12)24-11-14(3)20-25(21,22)17-10-15(19)8-9-16(17)23-4/h5-10,14,20H,11H2,1-4H3. The van der Waals surface area contributed by atoms with Gasteiger partial charge in [-0.15, -0.1) is 0 Å². The molecule has 1 N–H and O–H groups in total. The summed E-state index contributed by atoms with van der Waals surface area (Å²) < 4.78 is 38.7. The minimum atomic E-state index is -3.79. The van der Waals surface area contributed by atoms with Gasteiger partial charge in [0.1, 0.15) is 23.0 Å². The summed E-state index contributed by atoms with van der Waals surface area (Å²) in [6.45, 7) is 5.85. The van der Waals surface area contributed by atoms with Crippen LogP contribution in [0.2, 0.25) is 5.02 Å². The van der Waals surface area contributed by atoms with Crippen molar-refractivity contribution in [2.45, 2.75) is 31.7 Å². The van der Waals surface area contributed by atoms with Gasteiger partial charge in [-0.05, 0) is 50.1 Å². The summed E-state index contributed by atoms with van der Waals surface area (Å²) in [4.78, 5) is 0.00132. The molecule has 7 heteroatoms. The van der Waals surface area contributed by atoms with Crippen molar-refractivity contribution in [2.75, 3.05) is 13.7 Å². The number of ether oxygens (including phenoxy) is 2. The second-order valence-electron chi connectivity index (χ2n) is 5.85. The van der Waals surface area contributed by atoms with E-state index < -0.39 is 16.1 Å². The van der Waals surface area contributed by atoms with E-state index in [1.165, 1.54) is 19.2 Å². The van der Waals surface area contributed by atoms with Crippen LogP contribution >= 0.6 is 11.6 Å². The van der Waals surface area contributed by atoms with E-state index in [2.05, 4.69) is 4.72 Å². The highest BCUT2D eigenvalue weighted by atomic mass is 35.5. The molecule has 2 aromatic carbocycles. The summed E-state index contributed by atoms with van der Waals surface area (Å²) in [7, 11) is -2.38. The quantitative estimate of drug-likeness (QED) is 0.791. The molecule has 0 radical (unpaired) electrons. The number of hydrogen-bond donors (Lipinski definition) is 1. The van der Waals surface area contributed by atoms with Gasteiger partial charge in [0, 0.05) is 5.02 Å². The molecular formula is C18H22ClNO4S. The summed E-state index contributed by atoms with van der Waals surface area (Å²) in [5.41, 5.74) is 2.01. The van der Waals surface area contributed by atoms with Crippen molar-refractivity contribution < 1.29 is 17.9 Å². The maximum absolute atomic E-state index is 12.6. The Labute approximate surface area is 154 Å². The van der Waals surface area contributed by atoms with Crippen LogP contribution in [0.5, 0.6) is 11.5 Å². The van der Waals surface area contributed by atoms with Gasteiger partial charge < -0.3 is 9.47 Å². The molecule has 0 saturated carbocycles. The van der Waals surface area contributed by atoms with Crippen molar-refractivity contribution in [3.8, 4) is 11.5 Å². The molecule has 136 valence electrons. The summed E-state index contributed by atoms with van der Waals surface area (Å²) >= 11 is 5.92. The number of nitrogens with one attached hydrogen (secondary N) is 1. The predicted octanol–water partition coefficient (Wildman–Crippen LogP) is 3.71. The first-order chi connectivity index (χ1) is 11.7. The monoisotopic (exact) mass is 383 g/mol. The Kier molecular flexibility index (Phi) is 6.32. The Morgan fingerprint density at radius 2 is 1.80 bits per heavy atom. The van der Waals surface area contributed by atoms with Crippen LogP contribution < -0.4 is 14.2 Å². The number of benzene rings is 2. The second kappa shape index (κ2) is 8.08. The average Bonchev–Trinajstić information content (AvgIpc) is 2.54. The molecule has 25 heavy (non-hydrogen) atoms. The Hall–Kier alpha value is -1.76. The third kappa shape index (κ3) is 4.87. The first kappa shape index (κ1) is 19.6. The Bertz CT molecular complexity index is 832. The van der Waals surface area contributed by atoms with E-state index in [1.54, 1.807) is 13.0 Å². The lowest BCUT2D eigenvalue weighted by atomic mass is 10.1. The topological polar surface area (TPSA) is 64.6 Å². The molecule has 0 aliphatic carbocycles. The molecule has 0 saturated heterocycles. The van der Waals surface area contributed by atoms with Gasteiger partial charge in [-0.25, -0.2) is 13.1 Å². The Morgan fingerprint density at radius 3 is 2.40 bits per heavy atom. The van der Waals surface area contributed by atoms with Crippen molar-refractivity contribution in [1.82, 2.24) is 4.72 Å². The van der Waals surface area contributed by atoms with E-state index in [0.29, 0.717) is 5.02 Å². The van der Waals surface area contributed by atoms with Gasteiger partial charge in [0.05, 0.1) is 13.2 Å². The molecule has 0 aliphatic rings. The van der Waals surface area contributed by atoms with Crippen molar-refractivity contribution >= 4 is 21.6 Å².